The Morgan fingerprint density at radius 3 is 2.47 bits per heavy atom. The molecular weight excluding hydrogens is 541 g/mol. The molecule has 1 aromatic heterocycles. The number of alkyl halides is 3. The third-order valence-corrected chi connectivity index (χ3v) is 8.75. The van der Waals surface area contributed by atoms with Gasteiger partial charge in [-0.15, -0.1) is 11.3 Å². The molecular formula is C27H33F3O6S2. The molecule has 2 unspecified atom stereocenters. The van der Waals surface area contributed by atoms with Crippen LogP contribution in [-0.4, -0.2) is 32.1 Å². The number of carbonyl (C=O) groups is 1. The summed E-state index contributed by atoms with van der Waals surface area (Å²) >= 11 is 1.33. The molecule has 0 amide bonds. The minimum atomic E-state index is -5.79. The van der Waals surface area contributed by atoms with Gasteiger partial charge in [0.15, 0.2) is 0 Å². The van der Waals surface area contributed by atoms with Crippen molar-refractivity contribution in [1.82, 2.24) is 0 Å². The molecule has 0 saturated heterocycles. The van der Waals surface area contributed by atoms with Gasteiger partial charge in [0.2, 0.25) is 0 Å². The number of rotatable bonds is 13. The third-order valence-electron chi connectivity index (χ3n) is 6.63. The number of aliphatic hydroxyl groups is 1. The Kier molecular flexibility index (Phi) is 10.4. The van der Waals surface area contributed by atoms with E-state index in [0.717, 1.165) is 24.1 Å². The number of ether oxygens (including phenoxy) is 1. The lowest BCUT2D eigenvalue weighted by Crippen LogP contribution is -2.25. The number of carbonyl (C=O) groups excluding carboxylic acids is 1. The molecule has 1 heterocycles. The second-order valence-electron chi connectivity index (χ2n) is 9.34. The maximum Gasteiger partial charge on any atom is 0.534 e. The van der Waals surface area contributed by atoms with E-state index in [9.17, 15) is 31.5 Å². The van der Waals surface area contributed by atoms with Gasteiger partial charge < -0.3 is 14.0 Å². The van der Waals surface area contributed by atoms with Crippen LogP contribution in [0.2, 0.25) is 0 Å². The quantitative estimate of drug-likeness (QED) is 0.118. The topological polar surface area (TPSA) is 89.9 Å². The lowest BCUT2D eigenvalue weighted by Gasteiger charge is -2.18. The van der Waals surface area contributed by atoms with Crippen LogP contribution in [0.15, 0.2) is 42.2 Å². The van der Waals surface area contributed by atoms with Crippen LogP contribution in [0.1, 0.15) is 90.1 Å². The van der Waals surface area contributed by atoms with Gasteiger partial charge >= 0.3 is 21.6 Å². The minimum Gasteiger partial charge on any atom is -0.465 e. The molecule has 38 heavy (non-hydrogen) atoms. The van der Waals surface area contributed by atoms with Crippen molar-refractivity contribution < 1.29 is 40.4 Å². The smallest absolute Gasteiger partial charge is 0.465 e. The van der Waals surface area contributed by atoms with Gasteiger partial charge in [0.05, 0.1) is 13.2 Å². The number of methoxy groups -OCH3 is 1. The molecule has 1 aromatic carbocycles. The molecule has 0 fully saturated rings. The average Bonchev–Trinajstić information content (AvgIpc) is 3.50. The van der Waals surface area contributed by atoms with Gasteiger partial charge in [-0.2, -0.15) is 21.6 Å². The second-order valence-corrected chi connectivity index (χ2v) is 12.0. The lowest BCUT2D eigenvalue weighted by atomic mass is 9.89. The van der Waals surface area contributed by atoms with Gasteiger partial charge in [0.25, 0.3) is 0 Å². The molecule has 2 aromatic rings. The summed E-state index contributed by atoms with van der Waals surface area (Å²) in [4.78, 5) is 13.2. The normalized spacial score (nSPS) is 17.1. The number of hydrogen-bond acceptors (Lipinski definition) is 7. The van der Waals surface area contributed by atoms with Crippen molar-refractivity contribution in [2.75, 3.05) is 7.11 Å². The first-order valence-corrected chi connectivity index (χ1v) is 14.9. The summed E-state index contributed by atoms with van der Waals surface area (Å²) in [5.74, 6) is -0.796. The lowest BCUT2D eigenvalue weighted by molar-refractivity contribution is -0.0522. The third kappa shape index (κ3) is 7.60. The first-order valence-electron chi connectivity index (χ1n) is 12.7. The van der Waals surface area contributed by atoms with Crippen molar-refractivity contribution in [3.05, 3.63) is 63.0 Å². The van der Waals surface area contributed by atoms with Crippen molar-refractivity contribution in [3.8, 4) is 0 Å². The minimum absolute atomic E-state index is 0.0716. The summed E-state index contributed by atoms with van der Waals surface area (Å²) in [6.45, 7) is 2.07. The zero-order chi connectivity index (χ0) is 27.9. The molecule has 0 bridgehead atoms. The molecule has 0 aliphatic heterocycles. The predicted molar refractivity (Wildman–Crippen MR) is 140 cm³/mol. The van der Waals surface area contributed by atoms with Crippen molar-refractivity contribution in [1.29, 1.82) is 0 Å². The summed E-state index contributed by atoms with van der Waals surface area (Å²) in [7, 11) is -4.48. The highest BCUT2D eigenvalue weighted by Gasteiger charge is 2.49. The van der Waals surface area contributed by atoms with Gasteiger partial charge in [-0.1, -0.05) is 50.5 Å². The second kappa shape index (κ2) is 13.1. The molecule has 1 aliphatic rings. The van der Waals surface area contributed by atoms with E-state index in [2.05, 4.69) is 11.1 Å². The summed E-state index contributed by atoms with van der Waals surface area (Å²) in [5.41, 5.74) is -3.80. The monoisotopic (exact) mass is 574 g/mol. The van der Waals surface area contributed by atoms with Crippen LogP contribution < -0.4 is 0 Å². The number of unbranched alkanes of at least 4 members (excludes halogenated alkanes) is 2. The Morgan fingerprint density at radius 1 is 1.13 bits per heavy atom. The Labute approximate surface area is 225 Å². The van der Waals surface area contributed by atoms with E-state index in [1.54, 1.807) is 30.3 Å². The molecule has 3 rings (SSSR count). The molecule has 11 heteroatoms. The highest BCUT2D eigenvalue weighted by Crippen LogP contribution is 2.44. The van der Waals surface area contributed by atoms with Crippen LogP contribution in [0.3, 0.4) is 0 Å². The molecule has 0 radical (unpaired) electrons. The first-order chi connectivity index (χ1) is 18.0. The summed E-state index contributed by atoms with van der Waals surface area (Å²) in [6, 6.07) is 10.4. The molecule has 1 N–H and O–H groups in total. The van der Waals surface area contributed by atoms with Crippen molar-refractivity contribution in [2.45, 2.75) is 76.3 Å². The van der Waals surface area contributed by atoms with Gasteiger partial charge in [0.1, 0.15) is 10.6 Å². The fourth-order valence-electron chi connectivity index (χ4n) is 4.65. The summed E-state index contributed by atoms with van der Waals surface area (Å²) in [6.07, 6.45) is 5.35. The molecule has 210 valence electrons. The fraction of sp³-hybridized carbons (Fsp3) is 0.519. The number of hydrogen-bond donors (Lipinski definition) is 1. The van der Waals surface area contributed by atoms with Gasteiger partial charge in [-0.3, -0.25) is 0 Å². The van der Waals surface area contributed by atoms with Crippen LogP contribution in [0, 0.1) is 5.92 Å². The maximum atomic E-state index is 13.1. The van der Waals surface area contributed by atoms with E-state index in [0.29, 0.717) is 53.7 Å². The van der Waals surface area contributed by atoms with E-state index in [1.165, 1.54) is 18.4 Å². The average molecular weight is 575 g/mol. The highest BCUT2D eigenvalue weighted by atomic mass is 32.2. The van der Waals surface area contributed by atoms with Gasteiger partial charge in [0, 0.05) is 16.9 Å². The number of thiophene rings is 1. The number of aliphatic hydroxyl groups excluding tert-OH is 1. The van der Waals surface area contributed by atoms with E-state index >= 15 is 0 Å². The first kappa shape index (κ1) is 30.2. The van der Waals surface area contributed by atoms with Crippen molar-refractivity contribution >= 4 is 33.0 Å². The van der Waals surface area contributed by atoms with E-state index < -0.39 is 27.7 Å². The predicted octanol–water partition coefficient (Wildman–Crippen LogP) is 7.16. The number of allylic oxidation sites excluding steroid dienone is 2. The van der Waals surface area contributed by atoms with E-state index in [1.807, 2.05) is 6.07 Å². The molecule has 1 aliphatic carbocycles. The summed E-state index contributed by atoms with van der Waals surface area (Å²) < 4.78 is 72.1. The standard InChI is InChI=1S/C27H33F3O6S2/c1-3-4-5-9-22(31)18-10-12-20(13-11-18)25-19(14-16-23(25)36-38(33,34)27(28,29)30)7-6-8-21-15-17-24(37-21)26(32)35-2/h10-13,15,17,19,22,31H,3-9,14,16H2,1-2H3. The maximum absolute atomic E-state index is 13.1. The zero-order valence-electron chi connectivity index (χ0n) is 21.4. The fourth-order valence-corrected chi connectivity index (χ4v) is 6.15. The van der Waals surface area contributed by atoms with Gasteiger partial charge in [-0.25, -0.2) is 4.79 Å². The Bertz CT molecular complexity index is 1220. The molecule has 0 saturated carbocycles. The van der Waals surface area contributed by atoms with E-state index in [-0.39, 0.29) is 18.1 Å². The SMILES string of the molecule is CCCCCC(O)c1ccc(C2=C(OS(=O)(=O)C(F)(F)F)CCC2CCCc2ccc(C(=O)OC)s2)cc1. The zero-order valence-corrected chi connectivity index (χ0v) is 23.1. The Balaban J connectivity index is 1.80. The van der Waals surface area contributed by atoms with Crippen molar-refractivity contribution in [2.24, 2.45) is 5.92 Å². The number of esters is 1. The molecule has 2 atom stereocenters. The Morgan fingerprint density at radius 2 is 1.84 bits per heavy atom. The highest BCUT2D eigenvalue weighted by molar-refractivity contribution is 7.87. The Hall–Kier alpha value is -2.37. The van der Waals surface area contributed by atoms with Crippen molar-refractivity contribution in [3.63, 3.8) is 0 Å². The van der Waals surface area contributed by atoms with Crippen LogP contribution in [0.4, 0.5) is 13.2 Å². The van der Waals surface area contributed by atoms with Crippen LogP contribution in [0.5, 0.6) is 0 Å². The van der Waals surface area contributed by atoms with Crippen LogP contribution >= 0.6 is 11.3 Å². The molecule has 0 spiro atoms. The number of halogens is 3. The summed E-state index contributed by atoms with van der Waals surface area (Å²) in [5, 5.41) is 10.5. The number of aryl methyl sites for hydroxylation is 1. The largest absolute Gasteiger partial charge is 0.534 e. The van der Waals surface area contributed by atoms with Crippen LogP contribution in [0.25, 0.3) is 5.57 Å². The van der Waals surface area contributed by atoms with Gasteiger partial charge in [-0.05, 0) is 61.3 Å². The number of benzene rings is 1. The van der Waals surface area contributed by atoms with Crippen LogP contribution in [-0.2, 0) is 25.5 Å². The molecule has 6 nitrogen and oxygen atoms in total. The van der Waals surface area contributed by atoms with E-state index in [4.69, 9.17) is 4.74 Å².